The molecule has 3 nitrogen and oxygen atoms in total. The minimum atomic E-state index is 0.127. The normalized spacial score (nSPS) is 16.1. The monoisotopic (exact) mass is 249 g/mol. The second-order valence-corrected chi connectivity index (χ2v) is 4.94. The summed E-state index contributed by atoms with van der Waals surface area (Å²) in [6.45, 7) is 0.800. The number of aliphatic hydroxyl groups excluding tert-OH is 1. The van der Waals surface area contributed by atoms with E-state index in [4.69, 9.17) is 9.84 Å². The number of benzene rings is 1. The van der Waals surface area contributed by atoms with E-state index >= 15 is 0 Å². The van der Waals surface area contributed by atoms with Crippen LogP contribution in [0.5, 0.6) is 5.75 Å². The highest BCUT2D eigenvalue weighted by atomic mass is 16.5. The molecule has 0 saturated carbocycles. The minimum Gasteiger partial charge on any atom is -0.494 e. The van der Waals surface area contributed by atoms with E-state index in [9.17, 15) is 0 Å². The lowest BCUT2D eigenvalue weighted by Crippen LogP contribution is -2.30. The Morgan fingerprint density at radius 3 is 2.78 bits per heavy atom. The maximum absolute atomic E-state index is 9.06. The van der Waals surface area contributed by atoms with Gasteiger partial charge in [-0.2, -0.15) is 0 Å². The Hall–Kier alpha value is -1.06. The fourth-order valence-electron chi connectivity index (χ4n) is 2.45. The molecule has 0 aromatic heterocycles. The Morgan fingerprint density at radius 1 is 1.28 bits per heavy atom. The molecule has 1 atom stereocenters. The second-order valence-electron chi connectivity index (χ2n) is 4.94. The van der Waals surface area contributed by atoms with Gasteiger partial charge in [0.05, 0.1) is 13.2 Å². The highest BCUT2D eigenvalue weighted by molar-refractivity contribution is 5.37. The second kappa shape index (κ2) is 6.76. The van der Waals surface area contributed by atoms with Crippen LogP contribution < -0.4 is 10.1 Å². The van der Waals surface area contributed by atoms with Gasteiger partial charge in [-0.1, -0.05) is 6.07 Å². The lowest BCUT2D eigenvalue weighted by Gasteiger charge is -2.17. The lowest BCUT2D eigenvalue weighted by molar-refractivity contribution is 0.214. The van der Waals surface area contributed by atoms with Crippen LogP contribution in [0.4, 0.5) is 0 Å². The summed E-state index contributed by atoms with van der Waals surface area (Å²) in [5, 5.41) is 12.1. The smallest absolute Gasteiger partial charge is 0.119 e. The van der Waals surface area contributed by atoms with Gasteiger partial charge in [0, 0.05) is 6.04 Å². The fourth-order valence-corrected chi connectivity index (χ4v) is 2.45. The Kier molecular flexibility index (Phi) is 5.02. The first-order chi connectivity index (χ1) is 8.83. The molecule has 3 heteroatoms. The molecule has 0 fully saturated rings. The van der Waals surface area contributed by atoms with Crippen LogP contribution in [-0.4, -0.2) is 31.4 Å². The molecule has 0 heterocycles. The van der Waals surface area contributed by atoms with Crippen LogP contribution in [0.15, 0.2) is 18.2 Å². The van der Waals surface area contributed by atoms with Crippen molar-refractivity contribution in [3.8, 4) is 5.75 Å². The van der Waals surface area contributed by atoms with Crippen LogP contribution in [0, 0.1) is 0 Å². The number of nitrogens with one attached hydrogen (secondary N) is 1. The molecule has 0 spiro atoms. The Bertz CT molecular complexity index is 375. The number of likely N-dealkylation sites (N-methyl/N-ethyl adjacent to an activating group) is 1. The number of aryl methyl sites for hydroxylation is 2. The van der Waals surface area contributed by atoms with Crippen molar-refractivity contribution in [1.29, 1.82) is 0 Å². The summed E-state index contributed by atoms with van der Waals surface area (Å²) in [6, 6.07) is 6.58. The van der Waals surface area contributed by atoms with Gasteiger partial charge in [0.2, 0.25) is 0 Å². The number of hydrogen-bond acceptors (Lipinski definition) is 3. The molecule has 100 valence electrons. The van der Waals surface area contributed by atoms with Gasteiger partial charge in [-0.15, -0.1) is 0 Å². The summed E-state index contributed by atoms with van der Waals surface area (Å²) in [4.78, 5) is 0. The van der Waals surface area contributed by atoms with Gasteiger partial charge < -0.3 is 15.2 Å². The number of rotatable bonds is 6. The zero-order chi connectivity index (χ0) is 12.8. The Balaban J connectivity index is 1.86. The largest absolute Gasteiger partial charge is 0.494 e. The molecule has 0 bridgehead atoms. The topological polar surface area (TPSA) is 41.5 Å². The number of aliphatic hydroxyl groups is 1. The third-order valence-corrected chi connectivity index (χ3v) is 3.68. The van der Waals surface area contributed by atoms with E-state index in [2.05, 4.69) is 23.5 Å². The molecular weight excluding hydrogens is 226 g/mol. The minimum absolute atomic E-state index is 0.127. The molecule has 0 aliphatic heterocycles. The molecule has 1 unspecified atom stereocenters. The number of hydrogen-bond donors (Lipinski definition) is 2. The summed E-state index contributed by atoms with van der Waals surface area (Å²) in [5.41, 5.74) is 2.93. The summed E-state index contributed by atoms with van der Waals surface area (Å²) < 4.78 is 5.76. The van der Waals surface area contributed by atoms with Crippen LogP contribution in [0.3, 0.4) is 0 Å². The van der Waals surface area contributed by atoms with Gasteiger partial charge in [0.15, 0.2) is 0 Å². The molecule has 2 rings (SSSR count). The number of fused-ring (bicyclic) bond motifs is 1. The van der Waals surface area contributed by atoms with Crippen molar-refractivity contribution in [3.63, 3.8) is 0 Å². The van der Waals surface area contributed by atoms with Crippen molar-refractivity contribution in [3.05, 3.63) is 29.3 Å². The van der Waals surface area contributed by atoms with Crippen LogP contribution in [-0.2, 0) is 12.8 Å². The van der Waals surface area contributed by atoms with Gasteiger partial charge in [-0.05, 0) is 62.4 Å². The third-order valence-electron chi connectivity index (χ3n) is 3.68. The summed E-state index contributed by atoms with van der Waals surface area (Å²) in [6.07, 6.45) is 5.82. The Labute approximate surface area is 109 Å². The summed E-state index contributed by atoms with van der Waals surface area (Å²) >= 11 is 0. The predicted molar refractivity (Wildman–Crippen MR) is 73.1 cm³/mol. The molecule has 2 N–H and O–H groups in total. The first kappa shape index (κ1) is 13.4. The average Bonchev–Trinajstić information content (AvgIpc) is 2.43. The Morgan fingerprint density at radius 2 is 2.06 bits per heavy atom. The third kappa shape index (κ3) is 3.47. The van der Waals surface area contributed by atoms with Crippen molar-refractivity contribution in [2.75, 3.05) is 20.3 Å². The molecule has 1 aromatic rings. The summed E-state index contributed by atoms with van der Waals surface area (Å²) in [7, 11) is 1.86. The van der Waals surface area contributed by atoms with Gasteiger partial charge in [0.1, 0.15) is 5.75 Å². The first-order valence-electron chi connectivity index (χ1n) is 6.86. The zero-order valence-electron chi connectivity index (χ0n) is 11.1. The van der Waals surface area contributed by atoms with Crippen LogP contribution in [0.1, 0.15) is 30.4 Å². The maximum atomic E-state index is 9.06. The van der Waals surface area contributed by atoms with Crippen molar-refractivity contribution in [2.45, 2.75) is 38.1 Å². The van der Waals surface area contributed by atoms with Crippen LogP contribution in [0.2, 0.25) is 0 Å². The quantitative estimate of drug-likeness (QED) is 0.809. The van der Waals surface area contributed by atoms with Gasteiger partial charge in [-0.3, -0.25) is 0 Å². The van der Waals surface area contributed by atoms with E-state index in [0.29, 0.717) is 6.61 Å². The molecule has 0 radical (unpaired) electrons. The standard InChI is InChI=1S/C15H23NO2/c1-16-14(11-17)8-9-18-15-7-6-12-4-2-3-5-13(12)10-15/h6-7,10,14,16-17H,2-5,8-9,11H2,1H3. The van der Waals surface area contributed by atoms with Gasteiger partial charge in [-0.25, -0.2) is 0 Å². The highest BCUT2D eigenvalue weighted by Crippen LogP contribution is 2.25. The van der Waals surface area contributed by atoms with Crippen LogP contribution >= 0.6 is 0 Å². The maximum Gasteiger partial charge on any atom is 0.119 e. The lowest BCUT2D eigenvalue weighted by atomic mass is 9.92. The molecule has 1 aromatic carbocycles. The molecule has 0 saturated heterocycles. The molecule has 1 aliphatic carbocycles. The van der Waals surface area contributed by atoms with E-state index in [1.54, 1.807) is 0 Å². The van der Waals surface area contributed by atoms with Gasteiger partial charge in [0.25, 0.3) is 0 Å². The molecular formula is C15H23NO2. The average molecular weight is 249 g/mol. The van der Waals surface area contributed by atoms with Crippen LogP contribution in [0.25, 0.3) is 0 Å². The van der Waals surface area contributed by atoms with E-state index in [1.807, 2.05) is 7.05 Å². The van der Waals surface area contributed by atoms with Crippen molar-refractivity contribution in [2.24, 2.45) is 0 Å². The molecule has 18 heavy (non-hydrogen) atoms. The first-order valence-corrected chi connectivity index (χ1v) is 6.86. The van der Waals surface area contributed by atoms with Crippen molar-refractivity contribution >= 4 is 0 Å². The SMILES string of the molecule is CNC(CO)CCOc1ccc2c(c1)CCCC2. The zero-order valence-corrected chi connectivity index (χ0v) is 11.1. The number of ether oxygens (including phenoxy) is 1. The highest BCUT2D eigenvalue weighted by Gasteiger charge is 2.10. The van der Waals surface area contributed by atoms with E-state index in [-0.39, 0.29) is 12.6 Å². The predicted octanol–water partition coefficient (Wildman–Crippen LogP) is 1.91. The fraction of sp³-hybridized carbons (Fsp3) is 0.600. The molecule has 1 aliphatic rings. The van der Waals surface area contributed by atoms with Crippen molar-refractivity contribution < 1.29 is 9.84 Å². The molecule has 0 amide bonds. The summed E-state index contributed by atoms with van der Waals surface area (Å²) in [5.74, 6) is 0.962. The van der Waals surface area contributed by atoms with Crippen molar-refractivity contribution in [1.82, 2.24) is 5.32 Å². The van der Waals surface area contributed by atoms with E-state index < -0.39 is 0 Å². The van der Waals surface area contributed by atoms with E-state index in [1.165, 1.54) is 36.8 Å². The van der Waals surface area contributed by atoms with E-state index in [0.717, 1.165) is 12.2 Å². The van der Waals surface area contributed by atoms with Gasteiger partial charge >= 0.3 is 0 Å².